The third kappa shape index (κ3) is 2.32. The van der Waals surface area contributed by atoms with Crippen LogP contribution in [0, 0.1) is 12.8 Å². The molecular formula is C18H27NO2. The number of piperidine rings is 1. The second-order valence-electron chi connectivity index (χ2n) is 7.30. The quantitative estimate of drug-likeness (QED) is 0.863. The molecule has 1 atom stereocenters. The van der Waals surface area contributed by atoms with Crippen molar-refractivity contribution in [2.24, 2.45) is 5.92 Å². The molecule has 21 heavy (non-hydrogen) atoms. The van der Waals surface area contributed by atoms with E-state index in [0.29, 0.717) is 6.61 Å². The number of likely N-dealkylation sites (tertiary alicyclic amines) is 1. The Morgan fingerprint density at radius 3 is 2.57 bits per heavy atom. The van der Waals surface area contributed by atoms with Crippen molar-refractivity contribution in [3.63, 3.8) is 0 Å². The van der Waals surface area contributed by atoms with Crippen LogP contribution in [0.25, 0.3) is 0 Å². The molecule has 2 heterocycles. The SMILES string of the molecule is Cc1ccc2c(c1)C(O)(C1CCN(C)CC1)C(C)(C)OC2. The maximum Gasteiger partial charge on any atom is 0.121 e. The molecule has 1 fully saturated rings. The highest BCUT2D eigenvalue weighted by atomic mass is 16.5. The zero-order chi connectivity index (χ0) is 15.3. The molecule has 3 heteroatoms. The normalized spacial score (nSPS) is 30.1. The Balaban J connectivity index is 2.07. The molecule has 1 saturated heterocycles. The van der Waals surface area contributed by atoms with Gasteiger partial charge in [-0.3, -0.25) is 0 Å². The van der Waals surface area contributed by atoms with Gasteiger partial charge >= 0.3 is 0 Å². The summed E-state index contributed by atoms with van der Waals surface area (Å²) in [6, 6.07) is 6.38. The third-order valence-corrected chi connectivity index (χ3v) is 5.49. The van der Waals surface area contributed by atoms with Gasteiger partial charge in [0.15, 0.2) is 0 Å². The fraction of sp³-hybridized carbons (Fsp3) is 0.667. The molecule has 0 amide bonds. The molecule has 1 N–H and O–H groups in total. The number of hydrogen-bond donors (Lipinski definition) is 1. The summed E-state index contributed by atoms with van der Waals surface area (Å²) in [5.41, 5.74) is 2.00. The molecule has 1 aromatic rings. The summed E-state index contributed by atoms with van der Waals surface area (Å²) >= 11 is 0. The van der Waals surface area contributed by atoms with Gasteiger partial charge in [0, 0.05) is 0 Å². The number of fused-ring (bicyclic) bond motifs is 1. The minimum atomic E-state index is -0.895. The summed E-state index contributed by atoms with van der Waals surface area (Å²) in [4.78, 5) is 2.34. The average Bonchev–Trinajstić information content (AvgIpc) is 2.44. The lowest BCUT2D eigenvalue weighted by Gasteiger charge is -2.52. The third-order valence-electron chi connectivity index (χ3n) is 5.49. The van der Waals surface area contributed by atoms with Crippen LogP contribution in [0.3, 0.4) is 0 Å². The number of benzene rings is 1. The Bertz CT molecular complexity index is 532. The Morgan fingerprint density at radius 2 is 1.90 bits per heavy atom. The van der Waals surface area contributed by atoms with E-state index >= 15 is 0 Å². The van der Waals surface area contributed by atoms with Crippen LogP contribution in [0.2, 0.25) is 0 Å². The van der Waals surface area contributed by atoms with Crippen LogP contribution >= 0.6 is 0 Å². The van der Waals surface area contributed by atoms with Gasteiger partial charge in [-0.25, -0.2) is 0 Å². The molecule has 116 valence electrons. The van der Waals surface area contributed by atoms with E-state index in [2.05, 4.69) is 37.1 Å². The van der Waals surface area contributed by atoms with Gasteiger partial charge in [-0.15, -0.1) is 0 Å². The number of ether oxygens (including phenoxy) is 1. The molecule has 1 aromatic carbocycles. The molecular weight excluding hydrogens is 262 g/mol. The summed E-state index contributed by atoms with van der Waals surface area (Å²) in [6.45, 7) is 8.86. The minimum absolute atomic E-state index is 0.254. The smallest absolute Gasteiger partial charge is 0.121 e. The van der Waals surface area contributed by atoms with Crippen LogP contribution in [0.5, 0.6) is 0 Å². The van der Waals surface area contributed by atoms with Crippen molar-refractivity contribution >= 4 is 0 Å². The van der Waals surface area contributed by atoms with E-state index < -0.39 is 11.2 Å². The molecule has 0 spiro atoms. The Morgan fingerprint density at radius 1 is 1.24 bits per heavy atom. The zero-order valence-corrected chi connectivity index (χ0v) is 13.6. The van der Waals surface area contributed by atoms with Crippen molar-refractivity contribution in [3.8, 4) is 0 Å². The Hall–Kier alpha value is -0.900. The monoisotopic (exact) mass is 289 g/mol. The number of rotatable bonds is 1. The average molecular weight is 289 g/mol. The lowest BCUT2D eigenvalue weighted by atomic mass is 9.65. The second kappa shape index (κ2) is 5.08. The van der Waals surface area contributed by atoms with Gasteiger partial charge in [0.25, 0.3) is 0 Å². The number of aliphatic hydroxyl groups is 1. The molecule has 2 aliphatic rings. The van der Waals surface area contributed by atoms with Crippen molar-refractivity contribution in [1.29, 1.82) is 0 Å². The van der Waals surface area contributed by atoms with Crippen LogP contribution < -0.4 is 0 Å². The largest absolute Gasteiger partial charge is 0.382 e. The van der Waals surface area contributed by atoms with Crippen molar-refractivity contribution < 1.29 is 9.84 Å². The van der Waals surface area contributed by atoms with Crippen molar-refractivity contribution in [2.75, 3.05) is 20.1 Å². The number of aryl methyl sites for hydroxylation is 1. The first-order valence-electron chi connectivity index (χ1n) is 7.99. The maximum atomic E-state index is 11.7. The highest BCUT2D eigenvalue weighted by molar-refractivity contribution is 5.40. The summed E-state index contributed by atoms with van der Waals surface area (Å²) in [6.07, 6.45) is 2.04. The number of nitrogens with zero attached hydrogens (tertiary/aromatic N) is 1. The first kappa shape index (κ1) is 15.0. The molecule has 3 nitrogen and oxygen atoms in total. The summed E-state index contributed by atoms with van der Waals surface area (Å²) in [5, 5.41) is 11.7. The summed E-state index contributed by atoms with van der Waals surface area (Å²) in [5.74, 6) is 0.254. The van der Waals surface area contributed by atoms with E-state index in [1.807, 2.05) is 13.8 Å². The van der Waals surface area contributed by atoms with Crippen LogP contribution in [0.15, 0.2) is 18.2 Å². The van der Waals surface area contributed by atoms with E-state index in [1.165, 1.54) is 5.56 Å². The Labute approximate surface area is 127 Å². The van der Waals surface area contributed by atoms with Gasteiger partial charge in [0.2, 0.25) is 0 Å². The van der Waals surface area contributed by atoms with Crippen LogP contribution in [-0.2, 0) is 16.9 Å². The van der Waals surface area contributed by atoms with Gasteiger partial charge in [-0.2, -0.15) is 0 Å². The van der Waals surface area contributed by atoms with E-state index in [0.717, 1.165) is 37.1 Å². The topological polar surface area (TPSA) is 32.7 Å². The van der Waals surface area contributed by atoms with E-state index in [1.54, 1.807) is 0 Å². The molecule has 2 aliphatic heterocycles. The van der Waals surface area contributed by atoms with Gasteiger partial charge in [-0.1, -0.05) is 23.8 Å². The first-order valence-corrected chi connectivity index (χ1v) is 7.99. The van der Waals surface area contributed by atoms with Crippen molar-refractivity contribution in [3.05, 3.63) is 34.9 Å². The van der Waals surface area contributed by atoms with Gasteiger partial charge in [0.05, 0.1) is 12.2 Å². The standard InChI is InChI=1S/C18H27NO2/c1-13-5-6-14-12-21-17(2,3)18(20,16(14)11-13)15-7-9-19(4)10-8-15/h5-6,11,15,20H,7-10,12H2,1-4H3. The molecule has 0 aromatic heterocycles. The second-order valence-corrected chi connectivity index (χ2v) is 7.30. The highest BCUT2D eigenvalue weighted by Crippen LogP contribution is 2.50. The lowest BCUT2D eigenvalue weighted by Crippen LogP contribution is -2.58. The van der Waals surface area contributed by atoms with Gasteiger partial charge < -0.3 is 14.7 Å². The fourth-order valence-corrected chi connectivity index (χ4v) is 4.00. The van der Waals surface area contributed by atoms with Crippen LogP contribution in [0.4, 0.5) is 0 Å². The summed E-state index contributed by atoms with van der Waals surface area (Å²) in [7, 11) is 2.15. The highest BCUT2D eigenvalue weighted by Gasteiger charge is 2.54. The van der Waals surface area contributed by atoms with Crippen molar-refractivity contribution in [2.45, 2.75) is 51.4 Å². The predicted octanol–water partition coefficient (Wildman–Crippen LogP) is 2.83. The van der Waals surface area contributed by atoms with E-state index in [4.69, 9.17) is 4.74 Å². The van der Waals surface area contributed by atoms with Gasteiger partial charge in [-0.05, 0) is 70.8 Å². The van der Waals surface area contributed by atoms with Gasteiger partial charge in [0.1, 0.15) is 5.60 Å². The van der Waals surface area contributed by atoms with Crippen LogP contribution in [-0.4, -0.2) is 35.7 Å². The Kier molecular flexibility index (Phi) is 3.63. The van der Waals surface area contributed by atoms with E-state index in [-0.39, 0.29) is 5.92 Å². The molecule has 3 rings (SSSR count). The predicted molar refractivity (Wildman–Crippen MR) is 84.2 cm³/mol. The zero-order valence-electron chi connectivity index (χ0n) is 13.6. The van der Waals surface area contributed by atoms with E-state index in [9.17, 15) is 5.11 Å². The summed E-state index contributed by atoms with van der Waals surface area (Å²) < 4.78 is 6.06. The molecule has 0 bridgehead atoms. The molecule has 0 aliphatic carbocycles. The molecule has 0 saturated carbocycles. The maximum absolute atomic E-state index is 11.7. The number of hydrogen-bond acceptors (Lipinski definition) is 3. The lowest BCUT2D eigenvalue weighted by molar-refractivity contribution is -0.222. The van der Waals surface area contributed by atoms with Crippen LogP contribution in [0.1, 0.15) is 43.4 Å². The minimum Gasteiger partial charge on any atom is -0.382 e. The molecule has 1 unspecified atom stereocenters. The fourth-order valence-electron chi connectivity index (χ4n) is 4.00. The first-order chi connectivity index (χ1) is 9.84. The van der Waals surface area contributed by atoms with Crippen molar-refractivity contribution in [1.82, 2.24) is 4.90 Å². The molecule has 0 radical (unpaired) electrons.